The zero-order chi connectivity index (χ0) is 13.8. The molecule has 3 nitrogen and oxygen atoms in total. The number of hydrogen-bond acceptors (Lipinski definition) is 2. The van der Waals surface area contributed by atoms with Crippen LogP contribution < -0.4 is 10.2 Å². The number of anilines is 1. The molecule has 6 heteroatoms. The Morgan fingerprint density at radius 1 is 1.28 bits per heavy atom. The van der Waals surface area contributed by atoms with Gasteiger partial charge < -0.3 is 10.2 Å². The highest BCUT2D eigenvalue weighted by Crippen LogP contribution is 2.14. The number of halogens is 3. The molecule has 18 heavy (non-hydrogen) atoms. The van der Waals surface area contributed by atoms with Gasteiger partial charge in [-0.25, -0.2) is 0 Å². The van der Waals surface area contributed by atoms with Gasteiger partial charge in [-0.05, 0) is 19.1 Å². The van der Waals surface area contributed by atoms with Crippen molar-refractivity contribution in [1.29, 1.82) is 0 Å². The highest BCUT2D eigenvalue weighted by atomic mass is 19.4. The molecule has 1 aromatic rings. The maximum absolute atomic E-state index is 11.9. The summed E-state index contributed by atoms with van der Waals surface area (Å²) in [5, 5.41) is 2.07. The lowest BCUT2D eigenvalue weighted by molar-refractivity contribution is -0.127. The molecule has 0 aliphatic rings. The first kappa shape index (κ1) is 14.5. The molecular weight excluding hydrogens is 245 g/mol. The fraction of sp³-hybridized carbons (Fsp3) is 0.417. The first-order valence-corrected chi connectivity index (χ1v) is 5.40. The molecule has 0 fully saturated rings. The summed E-state index contributed by atoms with van der Waals surface area (Å²) in [6.45, 7) is 0.404. The topological polar surface area (TPSA) is 32.3 Å². The standard InChI is InChI=1S/C12H15F3N2O/c1-9-3-5-10(6-4-9)17(2)11(18)7-16-8-12(13,14)15/h3-6,16H,7-8H2,1-2H3. The summed E-state index contributed by atoms with van der Waals surface area (Å²) < 4.78 is 35.7. The third-order valence-electron chi connectivity index (χ3n) is 2.40. The molecular formula is C12H15F3N2O. The van der Waals surface area contributed by atoms with Gasteiger partial charge in [-0.3, -0.25) is 4.79 Å². The third-order valence-corrected chi connectivity index (χ3v) is 2.40. The number of carbonyl (C=O) groups is 1. The molecule has 0 saturated carbocycles. The van der Waals surface area contributed by atoms with Gasteiger partial charge in [0.2, 0.25) is 5.91 Å². The van der Waals surface area contributed by atoms with Crippen LogP contribution in [0, 0.1) is 6.92 Å². The van der Waals surface area contributed by atoms with Crippen molar-refractivity contribution in [1.82, 2.24) is 5.32 Å². The summed E-state index contributed by atoms with van der Waals surface area (Å²) in [5.41, 5.74) is 1.70. The predicted octanol–water partition coefficient (Wildman–Crippen LogP) is 2.11. The minimum absolute atomic E-state index is 0.343. The van der Waals surface area contributed by atoms with E-state index in [1.165, 1.54) is 11.9 Å². The van der Waals surface area contributed by atoms with Crippen LogP contribution in [0.1, 0.15) is 5.56 Å². The second kappa shape index (κ2) is 5.86. The van der Waals surface area contributed by atoms with E-state index in [0.29, 0.717) is 5.69 Å². The lowest BCUT2D eigenvalue weighted by atomic mass is 10.2. The number of benzene rings is 1. The van der Waals surface area contributed by atoms with Crippen molar-refractivity contribution in [3.63, 3.8) is 0 Å². The van der Waals surface area contributed by atoms with Crippen LogP contribution in [0.3, 0.4) is 0 Å². The van der Waals surface area contributed by atoms with Gasteiger partial charge in [-0.2, -0.15) is 13.2 Å². The van der Waals surface area contributed by atoms with Crippen LogP contribution in [0.5, 0.6) is 0 Å². The Kier molecular flexibility index (Phi) is 4.72. The number of carbonyl (C=O) groups excluding carboxylic acids is 1. The molecule has 1 amide bonds. The fourth-order valence-corrected chi connectivity index (χ4v) is 1.34. The number of hydrogen-bond donors (Lipinski definition) is 1. The first-order valence-electron chi connectivity index (χ1n) is 5.40. The lowest BCUT2D eigenvalue weighted by Crippen LogP contribution is -2.39. The Bertz CT molecular complexity index is 401. The minimum atomic E-state index is -4.30. The average molecular weight is 260 g/mol. The van der Waals surface area contributed by atoms with E-state index < -0.39 is 18.6 Å². The van der Waals surface area contributed by atoms with Gasteiger partial charge in [0, 0.05) is 12.7 Å². The summed E-state index contributed by atoms with van der Waals surface area (Å²) in [5.74, 6) is -0.414. The molecule has 0 spiro atoms. The Labute approximate surface area is 104 Å². The number of nitrogens with zero attached hydrogens (tertiary/aromatic N) is 1. The van der Waals surface area contributed by atoms with E-state index in [1.807, 2.05) is 19.1 Å². The summed E-state index contributed by atoms with van der Waals surface area (Å²) in [6, 6.07) is 7.17. The molecule has 0 unspecified atom stereocenters. The largest absolute Gasteiger partial charge is 0.401 e. The van der Waals surface area contributed by atoms with Crippen molar-refractivity contribution in [2.24, 2.45) is 0 Å². The van der Waals surface area contributed by atoms with E-state index in [1.54, 1.807) is 12.1 Å². The number of aryl methyl sites for hydroxylation is 1. The van der Waals surface area contributed by atoms with Crippen LogP contribution in [-0.2, 0) is 4.79 Å². The highest BCUT2D eigenvalue weighted by Gasteiger charge is 2.26. The van der Waals surface area contributed by atoms with Gasteiger partial charge in [0.1, 0.15) is 0 Å². The number of likely N-dealkylation sites (N-methyl/N-ethyl adjacent to an activating group) is 1. The van der Waals surface area contributed by atoms with Gasteiger partial charge in [-0.15, -0.1) is 0 Å². The second-order valence-electron chi connectivity index (χ2n) is 4.01. The van der Waals surface area contributed by atoms with Crippen molar-refractivity contribution in [3.8, 4) is 0 Å². The molecule has 1 rings (SSSR count). The van der Waals surface area contributed by atoms with Gasteiger partial charge >= 0.3 is 6.18 Å². The van der Waals surface area contributed by atoms with E-state index in [2.05, 4.69) is 5.32 Å². The minimum Gasteiger partial charge on any atom is -0.314 e. The maximum Gasteiger partial charge on any atom is 0.401 e. The predicted molar refractivity (Wildman–Crippen MR) is 63.5 cm³/mol. The van der Waals surface area contributed by atoms with Crippen LogP contribution in [0.4, 0.5) is 18.9 Å². The summed E-state index contributed by atoms with van der Waals surface area (Å²) in [4.78, 5) is 12.9. The summed E-state index contributed by atoms with van der Waals surface area (Å²) >= 11 is 0. The molecule has 0 aliphatic carbocycles. The van der Waals surface area contributed by atoms with Gasteiger partial charge in [0.05, 0.1) is 13.1 Å². The molecule has 0 heterocycles. The molecule has 100 valence electrons. The van der Waals surface area contributed by atoms with Crippen molar-refractivity contribution in [2.45, 2.75) is 13.1 Å². The molecule has 0 atom stereocenters. The molecule has 0 aromatic heterocycles. The Morgan fingerprint density at radius 3 is 2.33 bits per heavy atom. The zero-order valence-electron chi connectivity index (χ0n) is 10.2. The quantitative estimate of drug-likeness (QED) is 0.899. The number of alkyl halides is 3. The second-order valence-corrected chi connectivity index (χ2v) is 4.01. The van der Waals surface area contributed by atoms with E-state index in [-0.39, 0.29) is 6.54 Å². The van der Waals surface area contributed by atoms with Crippen molar-refractivity contribution < 1.29 is 18.0 Å². The van der Waals surface area contributed by atoms with Crippen LogP contribution in [0.15, 0.2) is 24.3 Å². The van der Waals surface area contributed by atoms with E-state index in [0.717, 1.165) is 5.56 Å². The van der Waals surface area contributed by atoms with Gasteiger partial charge in [0.15, 0.2) is 0 Å². The number of amides is 1. The fourth-order valence-electron chi connectivity index (χ4n) is 1.34. The molecule has 1 aromatic carbocycles. The van der Waals surface area contributed by atoms with Gasteiger partial charge in [0.25, 0.3) is 0 Å². The summed E-state index contributed by atoms with van der Waals surface area (Å²) in [7, 11) is 1.53. The smallest absolute Gasteiger partial charge is 0.314 e. The Morgan fingerprint density at radius 2 is 1.83 bits per heavy atom. The van der Waals surface area contributed by atoms with Crippen molar-refractivity contribution >= 4 is 11.6 Å². The zero-order valence-corrected chi connectivity index (χ0v) is 10.2. The number of nitrogens with one attached hydrogen (secondary N) is 1. The Hall–Kier alpha value is -1.56. The van der Waals surface area contributed by atoms with E-state index in [4.69, 9.17) is 0 Å². The maximum atomic E-state index is 11.9. The molecule has 1 N–H and O–H groups in total. The monoisotopic (exact) mass is 260 g/mol. The van der Waals surface area contributed by atoms with Gasteiger partial charge in [-0.1, -0.05) is 17.7 Å². The Balaban J connectivity index is 2.49. The van der Waals surface area contributed by atoms with Crippen molar-refractivity contribution in [3.05, 3.63) is 29.8 Å². The molecule has 0 saturated heterocycles. The molecule has 0 bridgehead atoms. The molecule has 0 radical (unpaired) electrons. The lowest BCUT2D eigenvalue weighted by Gasteiger charge is -2.18. The highest BCUT2D eigenvalue weighted by molar-refractivity contribution is 5.94. The summed E-state index contributed by atoms with van der Waals surface area (Å²) in [6.07, 6.45) is -4.30. The SMILES string of the molecule is Cc1ccc(N(C)C(=O)CNCC(F)(F)F)cc1. The van der Waals surface area contributed by atoms with E-state index >= 15 is 0 Å². The van der Waals surface area contributed by atoms with Crippen LogP contribution in [0.2, 0.25) is 0 Å². The first-order chi connectivity index (χ1) is 8.29. The number of rotatable bonds is 4. The van der Waals surface area contributed by atoms with E-state index in [9.17, 15) is 18.0 Å². The van der Waals surface area contributed by atoms with Crippen LogP contribution in [0.25, 0.3) is 0 Å². The molecule has 0 aliphatic heterocycles. The normalized spacial score (nSPS) is 11.4. The third kappa shape index (κ3) is 4.75. The average Bonchev–Trinajstić information content (AvgIpc) is 2.27. The van der Waals surface area contributed by atoms with Crippen molar-refractivity contribution in [2.75, 3.05) is 25.0 Å². The van der Waals surface area contributed by atoms with Crippen LogP contribution in [-0.4, -0.2) is 32.2 Å². The van der Waals surface area contributed by atoms with Crippen LogP contribution >= 0.6 is 0 Å².